The second kappa shape index (κ2) is 6.48. The van der Waals surface area contributed by atoms with E-state index in [0.717, 1.165) is 10.6 Å². The summed E-state index contributed by atoms with van der Waals surface area (Å²) < 4.78 is 5.54. The second-order valence-electron chi connectivity index (χ2n) is 4.66. The summed E-state index contributed by atoms with van der Waals surface area (Å²) in [7, 11) is 0. The molecule has 0 atom stereocenters. The summed E-state index contributed by atoms with van der Waals surface area (Å²) in [5.74, 6) is 0.591. The fourth-order valence-corrected chi connectivity index (χ4v) is 1.95. The Morgan fingerprint density at radius 1 is 1.10 bits per heavy atom. The van der Waals surface area contributed by atoms with Crippen LogP contribution >= 0.6 is 12.6 Å². The van der Waals surface area contributed by atoms with Gasteiger partial charge in [0.1, 0.15) is 5.75 Å². The van der Waals surface area contributed by atoms with E-state index in [4.69, 9.17) is 4.74 Å². The van der Waals surface area contributed by atoms with Crippen molar-refractivity contribution in [3.63, 3.8) is 0 Å². The van der Waals surface area contributed by atoms with Crippen molar-refractivity contribution >= 4 is 24.2 Å². The quantitative estimate of drug-likeness (QED) is 0.834. The van der Waals surface area contributed by atoms with Gasteiger partial charge in [0.2, 0.25) is 0 Å². The summed E-state index contributed by atoms with van der Waals surface area (Å²) >= 11 is 4.30. The zero-order valence-electron chi connectivity index (χ0n) is 11.5. The first-order valence-electron chi connectivity index (χ1n) is 6.42. The van der Waals surface area contributed by atoms with Crippen LogP contribution in [0.1, 0.15) is 24.2 Å². The maximum absolute atomic E-state index is 12.1. The summed E-state index contributed by atoms with van der Waals surface area (Å²) in [5.41, 5.74) is 1.28. The molecule has 2 rings (SSSR count). The molecule has 104 valence electrons. The first kappa shape index (κ1) is 14.5. The van der Waals surface area contributed by atoms with E-state index >= 15 is 0 Å². The van der Waals surface area contributed by atoms with Crippen molar-refractivity contribution in [2.24, 2.45) is 0 Å². The van der Waals surface area contributed by atoms with Crippen molar-refractivity contribution in [1.29, 1.82) is 0 Å². The predicted molar refractivity (Wildman–Crippen MR) is 83.9 cm³/mol. The Labute approximate surface area is 124 Å². The lowest BCUT2D eigenvalue weighted by Crippen LogP contribution is -2.12. The average molecular weight is 287 g/mol. The number of hydrogen-bond acceptors (Lipinski definition) is 3. The number of carbonyl (C=O) groups is 1. The molecular weight excluding hydrogens is 270 g/mol. The van der Waals surface area contributed by atoms with Crippen molar-refractivity contribution in [3.8, 4) is 5.75 Å². The Hall–Kier alpha value is -1.94. The summed E-state index contributed by atoms with van der Waals surface area (Å²) in [5, 5.41) is 2.83. The highest BCUT2D eigenvalue weighted by atomic mass is 32.1. The van der Waals surface area contributed by atoms with E-state index < -0.39 is 0 Å². The number of hydrogen-bond donors (Lipinski definition) is 2. The van der Waals surface area contributed by atoms with Crippen molar-refractivity contribution in [2.75, 3.05) is 5.32 Å². The van der Waals surface area contributed by atoms with Crippen LogP contribution < -0.4 is 10.1 Å². The number of para-hydroxylation sites is 1. The van der Waals surface area contributed by atoms with E-state index in [1.807, 2.05) is 38.1 Å². The molecule has 2 aromatic rings. The monoisotopic (exact) mass is 287 g/mol. The molecule has 0 unspecified atom stereocenters. The van der Waals surface area contributed by atoms with Gasteiger partial charge in [-0.1, -0.05) is 12.1 Å². The number of rotatable bonds is 4. The van der Waals surface area contributed by atoms with E-state index in [0.29, 0.717) is 11.3 Å². The molecule has 0 aliphatic rings. The molecule has 0 aliphatic heterocycles. The van der Waals surface area contributed by atoms with Crippen molar-refractivity contribution in [3.05, 3.63) is 54.1 Å². The molecule has 1 amide bonds. The summed E-state index contributed by atoms with van der Waals surface area (Å²) in [6.45, 7) is 3.93. The van der Waals surface area contributed by atoms with Crippen LogP contribution in [0.5, 0.6) is 5.75 Å². The van der Waals surface area contributed by atoms with Gasteiger partial charge in [0, 0.05) is 10.5 Å². The number of thiol groups is 1. The Morgan fingerprint density at radius 3 is 2.35 bits per heavy atom. The third kappa shape index (κ3) is 3.78. The third-order valence-electron chi connectivity index (χ3n) is 2.64. The minimum atomic E-state index is -0.164. The third-order valence-corrected chi connectivity index (χ3v) is 3.03. The van der Waals surface area contributed by atoms with E-state index in [2.05, 4.69) is 17.9 Å². The lowest BCUT2D eigenvalue weighted by atomic mass is 10.2. The Morgan fingerprint density at radius 2 is 1.75 bits per heavy atom. The maximum Gasteiger partial charge on any atom is 0.255 e. The molecule has 1 N–H and O–H groups in total. The van der Waals surface area contributed by atoms with Gasteiger partial charge in [0.15, 0.2) is 0 Å². The number of benzene rings is 2. The van der Waals surface area contributed by atoms with Gasteiger partial charge in [0.05, 0.1) is 11.8 Å². The van der Waals surface area contributed by atoms with Crippen LogP contribution in [0.25, 0.3) is 0 Å². The van der Waals surface area contributed by atoms with Crippen LogP contribution in [0.4, 0.5) is 5.69 Å². The molecule has 2 aromatic carbocycles. The van der Waals surface area contributed by atoms with Gasteiger partial charge in [0.25, 0.3) is 5.91 Å². The lowest BCUT2D eigenvalue weighted by molar-refractivity contribution is 0.102. The molecule has 0 fully saturated rings. The van der Waals surface area contributed by atoms with E-state index in [1.165, 1.54) is 0 Å². The van der Waals surface area contributed by atoms with Crippen LogP contribution in [0, 0.1) is 0 Å². The Bertz CT molecular complexity index is 594. The topological polar surface area (TPSA) is 38.3 Å². The van der Waals surface area contributed by atoms with Gasteiger partial charge in [-0.25, -0.2) is 0 Å². The number of ether oxygens (including phenoxy) is 1. The molecule has 4 heteroatoms. The van der Waals surface area contributed by atoms with Gasteiger partial charge in [-0.2, -0.15) is 0 Å². The zero-order chi connectivity index (χ0) is 14.5. The normalized spacial score (nSPS) is 10.4. The minimum Gasteiger partial charge on any atom is -0.491 e. The lowest BCUT2D eigenvalue weighted by Gasteiger charge is -2.10. The SMILES string of the molecule is CC(C)Oc1ccc(C(=O)Nc2ccccc2S)cc1. The zero-order valence-corrected chi connectivity index (χ0v) is 12.4. The largest absolute Gasteiger partial charge is 0.491 e. The highest BCUT2D eigenvalue weighted by Gasteiger charge is 2.08. The Balaban J connectivity index is 2.08. The van der Waals surface area contributed by atoms with Crippen molar-refractivity contribution in [1.82, 2.24) is 0 Å². The molecule has 3 nitrogen and oxygen atoms in total. The second-order valence-corrected chi connectivity index (χ2v) is 5.14. The molecule has 0 aromatic heterocycles. The Kier molecular flexibility index (Phi) is 4.69. The van der Waals surface area contributed by atoms with Crippen molar-refractivity contribution in [2.45, 2.75) is 24.8 Å². The predicted octanol–water partition coefficient (Wildman–Crippen LogP) is 4.01. The summed E-state index contributed by atoms with van der Waals surface area (Å²) in [6.07, 6.45) is 0.116. The number of amides is 1. The number of carbonyl (C=O) groups excluding carboxylic acids is 1. The van der Waals surface area contributed by atoms with Gasteiger partial charge in [-0.3, -0.25) is 4.79 Å². The van der Waals surface area contributed by atoms with Crippen molar-refractivity contribution < 1.29 is 9.53 Å². The molecule has 0 bridgehead atoms. The van der Waals surface area contributed by atoms with E-state index in [1.54, 1.807) is 24.3 Å². The average Bonchev–Trinajstić information content (AvgIpc) is 2.41. The van der Waals surface area contributed by atoms with Gasteiger partial charge >= 0.3 is 0 Å². The maximum atomic E-state index is 12.1. The first-order valence-corrected chi connectivity index (χ1v) is 6.87. The van der Waals surface area contributed by atoms with Crippen LogP contribution in [0.2, 0.25) is 0 Å². The van der Waals surface area contributed by atoms with E-state index in [9.17, 15) is 4.79 Å². The van der Waals surface area contributed by atoms with Crippen LogP contribution in [0.3, 0.4) is 0 Å². The molecule has 0 aliphatic carbocycles. The van der Waals surface area contributed by atoms with Gasteiger partial charge in [-0.05, 0) is 50.2 Å². The molecule has 20 heavy (non-hydrogen) atoms. The fraction of sp³-hybridized carbons (Fsp3) is 0.188. The van der Waals surface area contributed by atoms with Crippen LogP contribution in [-0.4, -0.2) is 12.0 Å². The van der Waals surface area contributed by atoms with Gasteiger partial charge in [-0.15, -0.1) is 12.6 Å². The molecule has 0 radical (unpaired) electrons. The molecule has 0 saturated heterocycles. The van der Waals surface area contributed by atoms with E-state index in [-0.39, 0.29) is 12.0 Å². The smallest absolute Gasteiger partial charge is 0.255 e. The highest BCUT2D eigenvalue weighted by molar-refractivity contribution is 7.80. The minimum absolute atomic E-state index is 0.116. The first-order chi connectivity index (χ1) is 9.56. The fourth-order valence-electron chi connectivity index (χ4n) is 1.73. The molecule has 0 spiro atoms. The molecule has 0 saturated carbocycles. The summed E-state index contributed by atoms with van der Waals surface area (Å²) in [6, 6.07) is 14.4. The highest BCUT2D eigenvalue weighted by Crippen LogP contribution is 2.20. The molecule has 0 heterocycles. The molecular formula is C16H17NO2S. The standard InChI is InChI=1S/C16H17NO2S/c1-11(2)19-13-9-7-12(8-10-13)16(18)17-14-5-3-4-6-15(14)20/h3-11,20H,1-2H3,(H,17,18). The summed E-state index contributed by atoms with van der Waals surface area (Å²) in [4.78, 5) is 12.9. The van der Waals surface area contributed by atoms with Gasteiger partial charge < -0.3 is 10.1 Å². The number of anilines is 1. The van der Waals surface area contributed by atoms with Crippen LogP contribution in [0.15, 0.2) is 53.4 Å². The number of nitrogens with one attached hydrogen (secondary N) is 1. The van der Waals surface area contributed by atoms with Crippen LogP contribution in [-0.2, 0) is 0 Å².